The molecule has 0 saturated heterocycles. The molecule has 2 amide bonds. The standard InChI is InChI=1S/C16H18ClN5O2S/c1-21(8-14(23)19-12-5-6-12)15(24)9-25-16-20-18-10-22(16)13-4-2-3-11(17)7-13/h2-4,7,10,12H,5-6,8-9H2,1H3,(H,19,23). The van der Waals surface area contributed by atoms with Crippen LogP contribution in [0.25, 0.3) is 5.69 Å². The predicted molar refractivity (Wildman–Crippen MR) is 95.9 cm³/mol. The second-order valence-corrected chi connectivity index (χ2v) is 7.22. The SMILES string of the molecule is CN(CC(=O)NC1CC1)C(=O)CSc1nncn1-c1cccc(Cl)c1. The van der Waals surface area contributed by atoms with Gasteiger partial charge in [-0.2, -0.15) is 0 Å². The third-order valence-electron chi connectivity index (χ3n) is 3.68. The molecule has 0 spiro atoms. The number of nitrogens with one attached hydrogen (secondary N) is 1. The predicted octanol–water partition coefficient (Wildman–Crippen LogP) is 1.75. The molecule has 0 radical (unpaired) electrons. The number of aromatic nitrogens is 3. The van der Waals surface area contributed by atoms with Crippen molar-refractivity contribution in [2.45, 2.75) is 24.0 Å². The minimum atomic E-state index is -0.142. The number of hydrogen-bond acceptors (Lipinski definition) is 5. The van der Waals surface area contributed by atoms with Crippen LogP contribution in [0.4, 0.5) is 0 Å². The van der Waals surface area contributed by atoms with Gasteiger partial charge < -0.3 is 10.2 Å². The molecule has 1 fully saturated rings. The second kappa shape index (κ2) is 7.88. The molecule has 1 aliphatic carbocycles. The van der Waals surface area contributed by atoms with E-state index in [1.807, 2.05) is 12.1 Å². The molecule has 9 heteroatoms. The number of rotatable bonds is 7. The molecule has 7 nitrogen and oxygen atoms in total. The first-order valence-electron chi connectivity index (χ1n) is 7.85. The number of carbonyl (C=O) groups is 2. The molecular formula is C16H18ClN5O2S. The molecular weight excluding hydrogens is 362 g/mol. The average Bonchev–Trinajstić information content (AvgIpc) is 3.25. The van der Waals surface area contributed by atoms with Gasteiger partial charge in [0.25, 0.3) is 0 Å². The van der Waals surface area contributed by atoms with E-state index in [1.54, 1.807) is 30.1 Å². The molecule has 1 aliphatic rings. The molecule has 1 N–H and O–H groups in total. The van der Waals surface area contributed by atoms with Crippen LogP contribution in [0.2, 0.25) is 5.02 Å². The molecule has 0 atom stereocenters. The number of hydrogen-bond donors (Lipinski definition) is 1. The smallest absolute Gasteiger partial charge is 0.239 e. The first-order valence-corrected chi connectivity index (χ1v) is 9.21. The van der Waals surface area contributed by atoms with Crippen molar-refractivity contribution >= 4 is 35.2 Å². The van der Waals surface area contributed by atoms with Crippen molar-refractivity contribution in [1.82, 2.24) is 25.0 Å². The van der Waals surface area contributed by atoms with Crippen LogP contribution in [0.5, 0.6) is 0 Å². The minimum absolute atomic E-state index is 0.0663. The van der Waals surface area contributed by atoms with Crippen LogP contribution in [-0.2, 0) is 9.59 Å². The van der Waals surface area contributed by atoms with E-state index in [2.05, 4.69) is 15.5 Å². The fourth-order valence-corrected chi connectivity index (χ4v) is 3.22. The van der Waals surface area contributed by atoms with Gasteiger partial charge in [-0.05, 0) is 31.0 Å². The Balaban J connectivity index is 1.55. The molecule has 1 aromatic carbocycles. The summed E-state index contributed by atoms with van der Waals surface area (Å²) < 4.78 is 1.77. The molecule has 1 saturated carbocycles. The van der Waals surface area contributed by atoms with Gasteiger partial charge in [0.15, 0.2) is 5.16 Å². The van der Waals surface area contributed by atoms with Crippen LogP contribution >= 0.6 is 23.4 Å². The van der Waals surface area contributed by atoms with Gasteiger partial charge in [-0.3, -0.25) is 14.2 Å². The van der Waals surface area contributed by atoms with Gasteiger partial charge >= 0.3 is 0 Å². The van der Waals surface area contributed by atoms with Crippen LogP contribution in [0, 0.1) is 0 Å². The van der Waals surface area contributed by atoms with Crippen molar-refractivity contribution in [1.29, 1.82) is 0 Å². The number of halogens is 1. The highest BCUT2D eigenvalue weighted by Crippen LogP contribution is 2.22. The molecule has 25 heavy (non-hydrogen) atoms. The summed E-state index contributed by atoms with van der Waals surface area (Å²) in [5.74, 6) is -0.0889. The maximum Gasteiger partial charge on any atom is 0.239 e. The lowest BCUT2D eigenvalue weighted by molar-refractivity contribution is -0.132. The molecule has 1 aromatic heterocycles. The summed E-state index contributed by atoms with van der Waals surface area (Å²) in [6.07, 6.45) is 3.63. The van der Waals surface area contributed by atoms with Crippen LogP contribution in [0.15, 0.2) is 35.7 Å². The van der Waals surface area contributed by atoms with E-state index in [-0.39, 0.29) is 24.1 Å². The summed E-state index contributed by atoms with van der Waals surface area (Å²) in [6.45, 7) is 0.0663. The highest BCUT2D eigenvalue weighted by Gasteiger charge is 2.24. The minimum Gasteiger partial charge on any atom is -0.352 e. The average molecular weight is 380 g/mol. The fourth-order valence-electron chi connectivity index (χ4n) is 2.17. The van der Waals surface area contributed by atoms with Crippen molar-refractivity contribution in [3.05, 3.63) is 35.6 Å². The van der Waals surface area contributed by atoms with Crippen molar-refractivity contribution in [2.75, 3.05) is 19.3 Å². The summed E-state index contributed by atoms with van der Waals surface area (Å²) in [4.78, 5) is 25.4. The quantitative estimate of drug-likeness (QED) is 0.741. The van der Waals surface area contributed by atoms with Crippen LogP contribution < -0.4 is 5.32 Å². The monoisotopic (exact) mass is 379 g/mol. The molecule has 0 unspecified atom stereocenters. The first kappa shape index (κ1) is 17.8. The molecule has 0 aliphatic heterocycles. The maximum absolute atomic E-state index is 12.2. The van der Waals surface area contributed by atoms with Crippen molar-refractivity contribution < 1.29 is 9.59 Å². The number of nitrogens with zero attached hydrogens (tertiary/aromatic N) is 4. The Hall–Kier alpha value is -2.06. The Morgan fingerprint density at radius 2 is 2.24 bits per heavy atom. The van der Waals surface area contributed by atoms with E-state index in [9.17, 15) is 9.59 Å². The van der Waals surface area contributed by atoms with Gasteiger partial charge in [-0.25, -0.2) is 0 Å². The van der Waals surface area contributed by atoms with Crippen molar-refractivity contribution in [2.24, 2.45) is 0 Å². The summed E-state index contributed by atoms with van der Waals surface area (Å²) in [5.41, 5.74) is 0.824. The van der Waals surface area contributed by atoms with Gasteiger partial charge in [0.2, 0.25) is 11.8 Å². The van der Waals surface area contributed by atoms with E-state index in [0.29, 0.717) is 16.2 Å². The van der Waals surface area contributed by atoms with Crippen molar-refractivity contribution in [3.8, 4) is 5.69 Å². The number of likely N-dealkylation sites (N-methyl/N-ethyl adjacent to an activating group) is 1. The highest BCUT2D eigenvalue weighted by atomic mass is 35.5. The first-order chi connectivity index (χ1) is 12.0. The number of thioether (sulfide) groups is 1. The molecule has 0 bridgehead atoms. The lowest BCUT2D eigenvalue weighted by Gasteiger charge is -2.16. The lowest BCUT2D eigenvalue weighted by Crippen LogP contribution is -2.39. The number of benzene rings is 1. The zero-order valence-electron chi connectivity index (χ0n) is 13.7. The van der Waals surface area contributed by atoms with Crippen LogP contribution in [0.3, 0.4) is 0 Å². The normalized spacial score (nSPS) is 13.5. The third kappa shape index (κ3) is 4.96. The van der Waals surface area contributed by atoms with Gasteiger partial charge in [0.05, 0.1) is 18.0 Å². The van der Waals surface area contributed by atoms with Crippen LogP contribution in [-0.4, -0.2) is 56.9 Å². The Kier molecular flexibility index (Phi) is 5.60. The van der Waals surface area contributed by atoms with E-state index < -0.39 is 0 Å². The van der Waals surface area contributed by atoms with Gasteiger partial charge in [0, 0.05) is 18.1 Å². The van der Waals surface area contributed by atoms with Crippen LogP contribution in [0.1, 0.15) is 12.8 Å². The summed E-state index contributed by atoms with van der Waals surface area (Å²) >= 11 is 7.28. The third-order valence-corrected chi connectivity index (χ3v) is 4.84. The largest absolute Gasteiger partial charge is 0.352 e. The maximum atomic E-state index is 12.2. The Labute approximate surface area is 154 Å². The Morgan fingerprint density at radius 1 is 1.44 bits per heavy atom. The highest BCUT2D eigenvalue weighted by molar-refractivity contribution is 7.99. The number of amides is 2. The zero-order valence-corrected chi connectivity index (χ0v) is 15.3. The van der Waals surface area contributed by atoms with E-state index >= 15 is 0 Å². The Morgan fingerprint density at radius 3 is 2.96 bits per heavy atom. The molecule has 1 heterocycles. The number of carbonyl (C=O) groups excluding carboxylic acids is 2. The van der Waals surface area contributed by atoms with Gasteiger partial charge in [-0.1, -0.05) is 29.4 Å². The van der Waals surface area contributed by atoms with Gasteiger partial charge in [-0.15, -0.1) is 10.2 Å². The van der Waals surface area contributed by atoms with Crippen molar-refractivity contribution in [3.63, 3.8) is 0 Å². The summed E-state index contributed by atoms with van der Waals surface area (Å²) in [6, 6.07) is 7.60. The van der Waals surface area contributed by atoms with E-state index in [0.717, 1.165) is 18.5 Å². The van der Waals surface area contributed by atoms with Gasteiger partial charge in [0.1, 0.15) is 6.33 Å². The van der Waals surface area contributed by atoms with E-state index in [1.165, 1.54) is 16.7 Å². The fraction of sp³-hybridized carbons (Fsp3) is 0.375. The zero-order chi connectivity index (χ0) is 17.8. The second-order valence-electron chi connectivity index (χ2n) is 5.84. The summed E-state index contributed by atoms with van der Waals surface area (Å²) in [5, 5.41) is 12.0. The summed E-state index contributed by atoms with van der Waals surface area (Å²) in [7, 11) is 1.62. The molecule has 2 aromatic rings. The Bertz CT molecular complexity index is 777. The molecule has 3 rings (SSSR count). The lowest BCUT2D eigenvalue weighted by atomic mass is 10.3. The topological polar surface area (TPSA) is 80.1 Å². The van der Waals surface area contributed by atoms with E-state index in [4.69, 9.17) is 11.6 Å². The molecule has 132 valence electrons.